The minimum atomic E-state index is 0.786. The van der Waals surface area contributed by atoms with Crippen LogP contribution in [-0.4, -0.2) is 0 Å². The first-order valence-electron chi connectivity index (χ1n) is 9.95. The Labute approximate surface area is 137 Å². The highest BCUT2D eigenvalue weighted by atomic mass is 14.9. The van der Waals surface area contributed by atoms with E-state index in [9.17, 15) is 0 Å². The van der Waals surface area contributed by atoms with Crippen molar-refractivity contribution < 1.29 is 0 Å². The van der Waals surface area contributed by atoms with Gasteiger partial charge in [-0.05, 0) is 43.6 Å². The lowest BCUT2D eigenvalue weighted by Gasteiger charge is -2.33. The highest BCUT2D eigenvalue weighted by Gasteiger charge is 2.25. The summed E-state index contributed by atoms with van der Waals surface area (Å²) >= 11 is 0. The van der Waals surface area contributed by atoms with E-state index in [0.717, 1.165) is 11.8 Å². The summed E-state index contributed by atoms with van der Waals surface area (Å²) in [7, 11) is 0. The van der Waals surface area contributed by atoms with E-state index in [-0.39, 0.29) is 0 Å². The van der Waals surface area contributed by atoms with Gasteiger partial charge >= 0.3 is 0 Å². The summed E-state index contributed by atoms with van der Waals surface area (Å²) in [6, 6.07) is 1.53. The molecule has 2 fully saturated rings. The molecule has 0 aromatic carbocycles. The SMILES string of the molecule is C1=C[C](C2CCCCCCC2)NC(C2CCCCCCC2)=C1. The summed E-state index contributed by atoms with van der Waals surface area (Å²) in [6.45, 7) is 0. The van der Waals surface area contributed by atoms with Gasteiger partial charge in [0.25, 0.3) is 0 Å². The molecule has 1 N–H and O–H groups in total. The number of allylic oxidation sites excluding steroid dienone is 3. The van der Waals surface area contributed by atoms with Gasteiger partial charge < -0.3 is 5.32 Å². The summed E-state index contributed by atoms with van der Waals surface area (Å²) in [6.07, 6.45) is 27.0. The number of dihydropyridines is 1. The van der Waals surface area contributed by atoms with Crippen molar-refractivity contribution in [3.63, 3.8) is 0 Å². The van der Waals surface area contributed by atoms with Gasteiger partial charge in [0.15, 0.2) is 0 Å². The largest absolute Gasteiger partial charge is 0.376 e. The van der Waals surface area contributed by atoms with Crippen LogP contribution in [0.5, 0.6) is 0 Å². The molecule has 1 nitrogen and oxygen atoms in total. The van der Waals surface area contributed by atoms with Gasteiger partial charge in [-0.1, -0.05) is 76.4 Å². The summed E-state index contributed by atoms with van der Waals surface area (Å²) in [5.41, 5.74) is 1.53. The average Bonchev–Trinajstić information content (AvgIpc) is 2.46. The first-order chi connectivity index (χ1) is 10.9. The summed E-state index contributed by atoms with van der Waals surface area (Å²) < 4.78 is 0. The van der Waals surface area contributed by atoms with E-state index in [1.165, 1.54) is 102 Å². The lowest BCUT2D eigenvalue weighted by atomic mass is 9.83. The van der Waals surface area contributed by atoms with E-state index >= 15 is 0 Å². The molecule has 0 bridgehead atoms. The zero-order valence-electron chi connectivity index (χ0n) is 14.3. The normalized spacial score (nSPS) is 27.2. The van der Waals surface area contributed by atoms with Crippen LogP contribution in [-0.2, 0) is 0 Å². The van der Waals surface area contributed by atoms with Crippen molar-refractivity contribution in [1.29, 1.82) is 0 Å². The highest BCUT2D eigenvalue weighted by molar-refractivity contribution is 5.29. The Kier molecular flexibility index (Phi) is 6.45. The molecule has 3 rings (SSSR count). The minimum absolute atomic E-state index is 0.786. The van der Waals surface area contributed by atoms with Crippen molar-refractivity contribution in [3.8, 4) is 0 Å². The first kappa shape index (κ1) is 16.1. The third-order valence-corrected chi connectivity index (χ3v) is 5.93. The Morgan fingerprint density at radius 2 is 1.14 bits per heavy atom. The minimum Gasteiger partial charge on any atom is -0.376 e. The molecule has 0 aromatic rings. The molecule has 0 atom stereocenters. The van der Waals surface area contributed by atoms with E-state index in [1.54, 1.807) is 0 Å². The number of rotatable bonds is 2. The van der Waals surface area contributed by atoms with Gasteiger partial charge in [-0.25, -0.2) is 0 Å². The Morgan fingerprint density at radius 1 is 0.636 bits per heavy atom. The average molecular weight is 301 g/mol. The Morgan fingerprint density at radius 3 is 1.73 bits per heavy atom. The van der Waals surface area contributed by atoms with Gasteiger partial charge in [0.05, 0.1) is 6.04 Å². The van der Waals surface area contributed by atoms with Crippen molar-refractivity contribution in [3.05, 3.63) is 30.0 Å². The topological polar surface area (TPSA) is 12.0 Å². The van der Waals surface area contributed by atoms with Gasteiger partial charge in [-0.2, -0.15) is 0 Å². The van der Waals surface area contributed by atoms with Crippen LogP contribution in [0.2, 0.25) is 0 Å². The Bertz CT molecular complexity index is 365. The second kappa shape index (κ2) is 8.79. The standard InChI is InChI=1S/C21H34N/c1-3-7-12-18(13-8-4-1)20-16-11-17-21(22-20)19-14-9-5-2-6-10-15-19/h11,16-19,22H,1-10,12-15H2. The predicted octanol–water partition coefficient (Wildman–Crippen LogP) is 6.28. The molecule has 1 heteroatoms. The van der Waals surface area contributed by atoms with Crippen LogP contribution in [0.15, 0.2) is 23.9 Å². The van der Waals surface area contributed by atoms with Crippen molar-refractivity contribution in [1.82, 2.24) is 5.32 Å². The van der Waals surface area contributed by atoms with Gasteiger partial charge in [-0.15, -0.1) is 0 Å². The predicted molar refractivity (Wildman–Crippen MR) is 95.2 cm³/mol. The maximum Gasteiger partial charge on any atom is 0.0854 e. The van der Waals surface area contributed by atoms with E-state index in [1.807, 2.05) is 0 Å². The van der Waals surface area contributed by atoms with Gasteiger partial charge in [0.2, 0.25) is 0 Å². The lowest BCUT2D eigenvalue weighted by molar-refractivity contribution is 0.362. The molecule has 123 valence electrons. The van der Waals surface area contributed by atoms with Crippen LogP contribution in [0.4, 0.5) is 0 Å². The molecule has 1 aliphatic heterocycles. The number of hydrogen-bond acceptors (Lipinski definition) is 1. The molecule has 3 aliphatic rings. The third-order valence-electron chi connectivity index (χ3n) is 5.93. The quantitative estimate of drug-likeness (QED) is 0.632. The molecule has 0 spiro atoms. The maximum absolute atomic E-state index is 3.88. The van der Waals surface area contributed by atoms with Crippen molar-refractivity contribution in [2.75, 3.05) is 0 Å². The smallest absolute Gasteiger partial charge is 0.0854 e. The molecule has 1 radical (unpaired) electrons. The molecule has 2 saturated carbocycles. The lowest BCUT2D eigenvalue weighted by Crippen LogP contribution is -2.32. The van der Waals surface area contributed by atoms with Crippen LogP contribution in [0.1, 0.15) is 89.9 Å². The fraction of sp³-hybridized carbons (Fsp3) is 0.762. The van der Waals surface area contributed by atoms with Gasteiger partial charge in [0, 0.05) is 5.70 Å². The number of hydrogen-bond donors (Lipinski definition) is 1. The molecule has 1 heterocycles. The van der Waals surface area contributed by atoms with E-state index < -0.39 is 0 Å². The zero-order valence-corrected chi connectivity index (χ0v) is 14.3. The monoisotopic (exact) mass is 300 g/mol. The third kappa shape index (κ3) is 4.64. The van der Waals surface area contributed by atoms with Gasteiger partial charge in [-0.3, -0.25) is 0 Å². The van der Waals surface area contributed by atoms with Crippen LogP contribution in [0.25, 0.3) is 0 Å². The molecule has 2 aliphatic carbocycles. The van der Waals surface area contributed by atoms with Crippen LogP contribution < -0.4 is 5.32 Å². The Hall–Kier alpha value is -0.720. The van der Waals surface area contributed by atoms with E-state index in [0.29, 0.717) is 0 Å². The van der Waals surface area contributed by atoms with Crippen molar-refractivity contribution in [2.45, 2.75) is 89.9 Å². The van der Waals surface area contributed by atoms with Gasteiger partial charge in [0.1, 0.15) is 0 Å². The Balaban J connectivity index is 1.57. The van der Waals surface area contributed by atoms with E-state index in [4.69, 9.17) is 0 Å². The fourth-order valence-corrected chi connectivity index (χ4v) is 4.52. The fourth-order valence-electron chi connectivity index (χ4n) is 4.52. The van der Waals surface area contributed by atoms with Crippen molar-refractivity contribution in [2.24, 2.45) is 11.8 Å². The second-order valence-electron chi connectivity index (χ2n) is 7.65. The first-order valence-corrected chi connectivity index (χ1v) is 9.95. The van der Waals surface area contributed by atoms with Crippen LogP contribution in [0.3, 0.4) is 0 Å². The number of nitrogens with one attached hydrogen (secondary N) is 1. The molecule has 0 saturated heterocycles. The maximum atomic E-state index is 3.88. The summed E-state index contributed by atoms with van der Waals surface area (Å²) in [5.74, 6) is 1.57. The zero-order chi connectivity index (χ0) is 15.0. The molecule has 22 heavy (non-hydrogen) atoms. The molecule has 0 amide bonds. The van der Waals surface area contributed by atoms with Crippen LogP contribution in [0, 0.1) is 17.9 Å². The molecule has 0 unspecified atom stereocenters. The second-order valence-corrected chi connectivity index (χ2v) is 7.65. The summed E-state index contributed by atoms with van der Waals surface area (Å²) in [4.78, 5) is 0. The van der Waals surface area contributed by atoms with Crippen LogP contribution >= 0.6 is 0 Å². The molecule has 0 aromatic heterocycles. The van der Waals surface area contributed by atoms with Crippen molar-refractivity contribution >= 4 is 0 Å². The highest BCUT2D eigenvalue weighted by Crippen LogP contribution is 2.34. The van der Waals surface area contributed by atoms with E-state index in [2.05, 4.69) is 23.5 Å². The summed E-state index contributed by atoms with van der Waals surface area (Å²) in [5, 5.41) is 3.88. The molecular weight excluding hydrogens is 266 g/mol. The molecular formula is C21H34N.